The van der Waals surface area contributed by atoms with Crippen molar-refractivity contribution in [3.63, 3.8) is 0 Å². The molecule has 0 aromatic heterocycles. The van der Waals surface area contributed by atoms with Crippen molar-refractivity contribution in [3.8, 4) is 17.9 Å². The Morgan fingerprint density at radius 2 is 1.90 bits per heavy atom. The molecule has 3 heterocycles. The zero-order valence-corrected chi connectivity index (χ0v) is 16.2. The van der Waals surface area contributed by atoms with Gasteiger partial charge in [0.25, 0.3) is 5.84 Å². The Bertz CT molecular complexity index is 1010. The van der Waals surface area contributed by atoms with Crippen LogP contribution in [0.25, 0.3) is 0 Å². The number of ether oxygens (including phenoxy) is 3. The van der Waals surface area contributed by atoms with Crippen LogP contribution in [0, 0.1) is 33.5 Å². The molecule has 1 aliphatic carbocycles. The lowest BCUT2D eigenvalue weighted by molar-refractivity contribution is -0.691. The fourth-order valence-electron chi connectivity index (χ4n) is 5.68. The van der Waals surface area contributed by atoms with Crippen LogP contribution in [-0.4, -0.2) is 32.1 Å². The molecule has 8 nitrogen and oxygen atoms in total. The van der Waals surface area contributed by atoms with E-state index in [1.807, 2.05) is 24.3 Å². The molecule has 29 heavy (non-hydrogen) atoms. The first-order valence-electron chi connectivity index (χ1n) is 9.81. The molecular weight excluding hydrogens is 370 g/mol. The van der Waals surface area contributed by atoms with Crippen molar-refractivity contribution in [2.75, 3.05) is 20.3 Å². The molecule has 0 unspecified atom stereocenters. The summed E-state index contributed by atoms with van der Waals surface area (Å²) in [6, 6.07) is 12.1. The molecule has 1 fully saturated rings. The monoisotopic (exact) mass is 393 g/mol. The lowest BCUT2D eigenvalue weighted by Gasteiger charge is -2.45. The summed E-state index contributed by atoms with van der Waals surface area (Å²) in [6.45, 7) is 0.676. The van der Waals surface area contributed by atoms with Crippen molar-refractivity contribution < 1.29 is 24.5 Å². The number of nitrogens with zero attached hydrogens (tertiary/aromatic N) is 2. The third kappa shape index (κ3) is 1.94. The molecule has 5 rings (SSSR count). The first-order valence-corrected chi connectivity index (χ1v) is 9.81. The second-order valence-corrected chi connectivity index (χ2v) is 7.91. The van der Waals surface area contributed by atoms with Crippen LogP contribution >= 0.6 is 0 Å². The van der Waals surface area contributed by atoms with E-state index in [1.54, 1.807) is 7.11 Å². The molecule has 8 heteroatoms. The number of allylic oxidation sites excluding steroid dienone is 1. The standard InChI is InChI=1S/C21H21N5O3/c1-27-14-7-5-13(6-8-14)17-19(11-22)18(24)26-21(28-9-10-29-21)20(19,12-23)15-3-2-4-16(15)25-17/h5-8,17,25H,2-4,9-10H2,1H3,(H2,24,26)/p+2/t17-,19+,20-/m1/s1. The van der Waals surface area contributed by atoms with Crippen molar-refractivity contribution in [3.05, 3.63) is 41.1 Å². The van der Waals surface area contributed by atoms with E-state index in [2.05, 4.69) is 22.4 Å². The number of fused-ring (bicyclic) bond motifs is 3. The van der Waals surface area contributed by atoms with Crippen molar-refractivity contribution in [2.24, 2.45) is 16.6 Å². The van der Waals surface area contributed by atoms with Gasteiger partial charge in [-0.15, -0.1) is 0 Å². The molecule has 0 saturated carbocycles. The number of rotatable bonds is 2. The van der Waals surface area contributed by atoms with Gasteiger partial charge in [0.1, 0.15) is 17.5 Å². The molecule has 4 aliphatic rings. The molecule has 1 saturated heterocycles. The second-order valence-electron chi connectivity index (χ2n) is 7.91. The maximum absolute atomic E-state index is 10.6. The quantitative estimate of drug-likeness (QED) is 0.586. The number of methoxy groups -OCH3 is 1. The average Bonchev–Trinajstić information content (AvgIpc) is 3.46. The highest BCUT2D eigenvalue weighted by Gasteiger charge is 2.85. The normalized spacial score (nSPS) is 34.3. The topological polar surface area (TPSA) is 132 Å². The van der Waals surface area contributed by atoms with Gasteiger partial charge in [0.2, 0.25) is 10.8 Å². The molecule has 148 valence electrons. The third-order valence-electron chi connectivity index (χ3n) is 6.87. The summed E-state index contributed by atoms with van der Waals surface area (Å²) in [5.41, 5.74) is 6.72. The van der Waals surface area contributed by atoms with Crippen LogP contribution in [0.4, 0.5) is 0 Å². The van der Waals surface area contributed by atoms with Crippen LogP contribution in [0.15, 0.2) is 35.5 Å². The summed E-state index contributed by atoms with van der Waals surface area (Å²) in [6.07, 6.45) is 2.52. The number of benzene rings is 1. The van der Waals surface area contributed by atoms with Gasteiger partial charge in [-0.25, -0.2) is 4.99 Å². The number of nitrogens with two attached hydrogens (primary N) is 2. The van der Waals surface area contributed by atoms with E-state index in [0.717, 1.165) is 41.8 Å². The van der Waals surface area contributed by atoms with E-state index in [0.29, 0.717) is 13.2 Å². The lowest BCUT2D eigenvalue weighted by Crippen LogP contribution is -2.91. The zero-order valence-electron chi connectivity index (χ0n) is 16.2. The Balaban J connectivity index is 1.79. The molecule has 5 N–H and O–H groups in total. The SMILES string of the molecule is COc1ccc([C@H]2[NH2+]C3=C(CCC3)[C@@]3(C#N)C4([NH+]=C(N)[C@]23C#N)OCCO4)cc1. The van der Waals surface area contributed by atoms with Gasteiger partial charge in [-0.2, -0.15) is 10.5 Å². The molecule has 0 amide bonds. The van der Waals surface area contributed by atoms with E-state index in [-0.39, 0.29) is 5.84 Å². The number of nitrogens with one attached hydrogen (secondary N) is 1. The minimum absolute atomic E-state index is 0.221. The smallest absolute Gasteiger partial charge is 0.347 e. The summed E-state index contributed by atoms with van der Waals surface area (Å²) < 4.78 is 17.3. The van der Waals surface area contributed by atoms with Crippen molar-refractivity contribution in [1.82, 2.24) is 0 Å². The molecule has 0 radical (unpaired) electrons. The van der Waals surface area contributed by atoms with Gasteiger partial charge in [0.05, 0.1) is 32.5 Å². The lowest BCUT2D eigenvalue weighted by atomic mass is 9.53. The Hall–Kier alpha value is -2.91. The second kappa shape index (κ2) is 6.04. The van der Waals surface area contributed by atoms with Gasteiger partial charge in [-0.1, -0.05) is 0 Å². The Morgan fingerprint density at radius 3 is 2.52 bits per heavy atom. The Labute approximate surface area is 168 Å². The number of nitriles is 2. The zero-order chi connectivity index (χ0) is 20.3. The number of hydrogen-bond donors (Lipinski definition) is 3. The van der Waals surface area contributed by atoms with Gasteiger partial charge in [-0.3, -0.25) is 5.73 Å². The summed E-state index contributed by atoms with van der Waals surface area (Å²) >= 11 is 0. The highest BCUT2D eigenvalue weighted by Crippen LogP contribution is 2.62. The largest absolute Gasteiger partial charge is 0.497 e. The molecular formula is C21H23N5O3+2. The first-order chi connectivity index (χ1) is 14.1. The van der Waals surface area contributed by atoms with Crippen molar-refractivity contribution in [2.45, 2.75) is 31.2 Å². The number of amidine groups is 1. The molecule has 1 aromatic rings. The highest BCUT2D eigenvalue weighted by molar-refractivity contribution is 5.90. The third-order valence-corrected chi connectivity index (χ3v) is 6.87. The molecule has 3 atom stereocenters. The Morgan fingerprint density at radius 1 is 1.17 bits per heavy atom. The number of quaternary nitrogens is 1. The predicted molar refractivity (Wildman–Crippen MR) is 99.4 cm³/mol. The van der Waals surface area contributed by atoms with E-state index in [4.69, 9.17) is 19.9 Å². The van der Waals surface area contributed by atoms with Crippen LogP contribution in [0.1, 0.15) is 30.9 Å². The van der Waals surface area contributed by atoms with Crippen LogP contribution in [0.5, 0.6) is 5.75 Å². The van der Waals surface area contributed by atoms with Crippen LogP contribution in [0.3, 0.4) is 0 Å². The predicted octanol–water partition coefficient (Wildman–Crippen LogP) is -1.08. The highest BCUT2D eigenvalue weighted by atomic mass is 16.8. The summed E-state index contributed by atoms with van der Waals surface area (Å²) in [7, 11) is 1.61. The summed E-state index contributed by atoms with van der Waals surface area (Å²) in [4.78, 5) is 3.12. The van der Waals surface area contributed by atoms with Gasteiger partial charge < -0.3 is 19.5 Å². The summed E-state index contributed by atoms with van der Waals surface area (Å²) in [5.74, 6) is -0.492. The van der Waals surface area contributed by atoms with Crippen molar-refractivity contribution >= 4 is 5.84 Å². The minimum atomic E-state index is -1.44. The van der Waals surface area contributed by atoms with Crippen LogP contribution in [-0.2, 0) is 9.47 Å². The van der Waals surface area contributed by atoms with Crippen molar-refractivity contribution in [1.29, 1.82) is 10.5 Å². The van der Waals surface area contributed by atoms with Crippen LogP contribution in [0.2, 0.25) is 0 Å². The first kappa shape index (κ1) is 18.1. The maximum atomic E-state index is 10.6. The minimum Gasteiger partial charge on any atom is -0.497 e. The number of hydrogen-bond acceptors (Lipinski definition) is 6. The van der Waals surface area contributed by atoms with Gasteiger partial charge in [0.15, 0.2) is 0 Å². The molecule has 0 bridgehead atoms. The molecule has 1 aromatic carbocycles. The van der Waals surface area contributed by atoms with E-state index in [9.17, 15) is 10.5 Å². The van der Waals surface area contributed by atoms with E-state index >= 15 is 0 Å². The Kier molecular flexibility index (Phi) is 3.78. The van der Waals surface area contributed by atoms with Gasteiger partial charge >= 0.3 is 5.91 Å². The van der Waals surface area contributed by atoms with E-state index in [1.165, 1.54) is 0 Å². The van der Waals surface area contributed by atoms with E-state index < -0.39 is 22.8 Å². The van der Waals surface area contributed by atoms with Gasteiger partial charge in [-0.05, 0) is 37.1 Å². The fourth-order valence-corrected chi connectivity index (χ4v) is 5.68. The van der Waals surface area contributed by atoms with Crippen LogP contribution < -0.4 is 20.8 Å². The fraction of sp³-hybridized carbons (Fsp3) is 0.476. The molecule has 3 aliphatic heterocycles. The molecule has 1 spiro atoms. The van der Waals surface area contributed by atoms with Gasteiger partial charge in [0, 0.05) is 17.6 Å². The maximum Gasteiger partial charge on any atom is 0.347 e. The summed E-state index contributed by atoms with van der Waals surface area (Å²) in [5, 5.41) is 23.4. The average molecular weight is 393 g/mol.